The van der Waals surface area contributed by atoms with E-state index in [-0.39, 0.29) is 10.8 Å². The van der Waals surface area contributed by atoms with Crippen molar-refractivity contribution in [2.75, 3.05) is 36.4 Å². The number of nitrogens with zero attached hydrogens (tertiary/aromatic N) is 4. The average Bonchev–Trinajstić information content (AvgIpc) is 3.35. The van der Waals surface area contributed by atoms with Crippen molar-refractivity contribution in [2.45, 2.75) is 11.8 Å². The molecule has 0 unspecified atom stereocenters. The number of aryl methyl sites for hydroxylation is 1. The van der Waals surface area contributed by atoms with E-state index in [2.05, 4.69) is 20.4 Å². The Labute approximate surface area is 230 Å². The summed E-state index contributed by atoms with van der Waals surface area (Å²) in [6.45, 7) is 3.37. The normalized spacial score (nSPS) is 14.4. The van der Waals surface area contributed by atoms with Crippen molar-refractivity contribution in [3.63, 3.8) is 0 Å². The zero-order valence-corrected chi connectivity index (χ0v) is 22.6. The molecule has 0 radical (unpaired) electrons. The lowest BCUT2D eigenvalue weighted by Gasteiger charge is -2.35. The third-order valence-electron chi connectivity index (χ3n) is 6.10. The van der Waals surface area contributed by atoms with Crippen LogP contribution in [0.5, 0.6) is 0 Å². The summed E-state index contributed by atoms with van der Waals surface area (Å²) in [7, 11) is -3.70. The van der Waals surface area contributed by atoms with Crippen LogP contribution in [0.15, 0.2) is 76.1 Å². The molecule has 1 N–H and O–H groups in total. The monoisotopic (exact) mass is 571 g/mol. The lowest BCUT2D eigenvalue weighted by Crippen LogP contribution is -2.48. The molecule has 0 bridgehead atoms. The van der Waals surface area contributed by atoms with E-state index in [1.165, 1.54) is 16.4 Å². The summed E-state index contributed by atoms with van der Waals surface area (Å²) in [6.07, 6.45) is 0. The van der Waals surface area contributed by atoms with Crippen molar-refractivity contribution in [1.82, 2.24) is 14.4 Å². The molecule has 1 aromatic heterocycles. The number of anilines is 2. The van der Waals surface area contributed by atoms with Gasteiger partial charge in [0.05, 0.1) is 4.90 Å². The molecule has 5 rings (SSSR count). The van der Waals surface area contributed by atoms with Gasteiger partial charge in [-0.1, -0.05) is 34.4 Å². The Balaban J connectivity index is 1.23. The van der Waals surface area contributed by atoms with Crippen LogP contribution in [0, 0.1) is 6.92 Å². The van der Waals surface area contributed by atoms with Gasteiger partial charge in [0.25, 0.3) is 11.8 Å². The van der Waals surface area contributed by atoms with E-state index in [4.69, 9.17) is 27.7 Å². The molecule has 0 spiro atoms. The first-order chi connectivity index (χ1) is 18.2. The number of benzene rings is 3. The first-order valence-corrected chi connectivity index (χ1v) is 13.9. The maximum Gasteiger partial charge on any atom is 0.257 e. The second-order valence-corrected chi connectivity index (χ2v) is 11.5. The summed E-state index contributed by atoms with van der Waals surface area (Å²) >= 11 is 12.2. The summed E-state index contributed by atoms with van der Waals surface area (Å²) < 4.78 is 33.1. The molecular formula is C26H23Cl2N5O4S. The molecule has 2 heterocycles. The first kappa shape index (κ1) is 26.2. The molecule has 1 aliphatic heterocycles. The molecule has 12 heteroatoms. The van der Waals surface area contributed by atoms with Gasteiger partial charge in [-0.3, -0.25) is 4.79 Å². The number of amides is 1. The van der Waals surface area contributed by atoms with Gasteiger partial charge in [-0.25, -0.2) is 8.42 Å². The number of halogens is 2. The zero-order valence-electron chi connectivity index (χ0n) is 20.3. The number of sulfonamides is 1. The highest BCUT2D eigenvalue weighted by molar-refractivity contribution is 7.89. The molecule has 0 atom stereocenters. The smallest absolute Gasteiger partial charge is 0.257 e. The molecular weight excluding hydrogens is 549 g/mol. The predicted octanol–water partition coefficient (Wildman–Crippen LogP) is 5.12. The molecule has 9 nitrogen and oxygen atoms in total. The van der Waals surface area contributed by atoms with Gasteiger partial charge in [0.1, 0.15) is 0 Å². The van der Waals surface area contributed by atoms with Gasteiger partial charge < -0.3 is 14.7 Å². The van der Waals surface area contributed by atoms with E-state index in [0.29, 0.717) is 64.8 Å². The molecule has 0 saturated carbocycles. The summed E-state index contributed by atoms with van der Waals surface area (Å²) in [5.74, 6) is 0.470. The molecule has 1 amide bonds. The Kier molecular flexibility index (Phi) is 7.40. The van der Waals surface area contributed by atoms with Gasteiger partial charge in [-0.15, -0.1) is 0 Å². The second-order valence-electron chi connectivity index (χ2n) is 8.72. The quantitative estimate of drug-likeness (QED) is 0.342. The number of aromatic nitrogens is 2. The minimum Gasteiger partial charge on any atom is -0.369 e. The Bertz CT molecular complexity index is 1560. The van der Waals surface area contributed by atoms with Crippen LogP contribution in [0.4, 0.5) is 11.4 Å². The van der Waals surface area contributed by atoms with Gasteiger partial charge >= 0.3 is 0 Å². The maximum atomic E-state index is 13.2. The molecule has 1 saturated heterocycles. The van der Waals surface area contributed by atoms with E-state index in [1.54, 1.807) is 49.4 Å². The van der Waals surface area contributed by atoms with E-state index in [1.807, 2.05) is 12.1 Å². The summed E-state index contributed by atoms with van der Waals surface area (Å²) in [5.41, 5.74) is 2.35. The fourth-order valence-corrected chi connectivity index (χ4v) is 6.12. The topological polar surface area (TPSA) is 109 Å². The number of carbonyl (C=O) groups is 1. The van der Waals surface area contributed by atoms with Crippen LogP contribution in [-0.4, -0.2) is 54.9 Å². The lowest BCUT2D eigenvalue weighted by atomic mass is 10.1. The van der Waals surface area contributed by atoms with Gasteiger partial charge in [-0.05, 0) is 67.6 Å². The number of hydrogen-bond donors (Lipinski definition) is 1. The third-order valence-corrected chi connectivity index (χ3v) is 8.45. The molecule has 1 fully saturated rings. The highest BCUT2D eigenvalue weighted by Crippen LogP contribution is 2.28. The van der Waals surface area contributed by atoms with Crippen LogP contribution in [0.1, 0.15) is 16.2 Å². The van der Waals surface area contributed by atoms with Crippen molar-refractivity contribution >= 4 is 50.5 Å². The Hall–Kier alpha value is -3.44. The van der Waals surface area contributed by atoms with Gasteiger partial charge in [0.2, 0.25) is 10.0 Å². The minimum absolute atomic E-state index is 0.156. The van der Waals surface area contributed by atoms with Crippen LogP contribution in [-0.2, 0) is 10.0 Å². The van der Waals surface area contributed by atoms with Crippen LogP contribution in [0.2, 0.25) is 10.0 Å². The van der Waals surface area contributed by atoms with Gasteiger partial charge in [0, 0.05) is 58.7 Å². The van der Waals surface area contributed by atoms with Crippen LogP contribution in [0.25, 0.3) is 11.5 Å². The molecule has 1 aliphatic rings. The fourth-order valence-electron chi connectivity index (χ4n) is 4.18. The largest absolute Gasteiger partial charge is 0.369 e. The highest BCUT2D eigenvalue weighted by atomic mass is 35.5. The van der Waals surface area contributed by atoms with Crippen LogP contribution >= 0.6 is 23.2 Å². The van der Waals surface area contributed by atoms with Crippen molar-refractivity contribution in [3.05, 3.63) is 88.2 Å². The van der Waals surface area contributed by atoms with Crippen molar-refractivity contribution in [2.24, 2.45) is 0 Å². The predicted molar refractivity (Wildman–Crippen MR) is 146 cm³/mol. The van der Waals surface area contributed by atoms with Crippen molar-refractivity contribution < 1.29 is 17.7 Å². The first-order valence-electron chi connectivity index (χ1n) is 11.7. The van der Waals surface area contributed by atoms with Crippen molar-refractivity contribution in [3.8, 4) is 11.5 Å². The Morgan fingerprint density at radius 2 is 1.63 bits per heavy atom. The summed E-state index contributed by atoms with van der Waals surface area (Å²) in [5, 5.41) is 7.62. The lowest BCUT2D eigenvalue weighted by molar-refractivity contribution is 0.102. The number of nitrogens with one attached hydrogen (secondary N) is 1. The number of carbonyl (C=O) groups excluding carboxylic acids is 1. The Morgan fingerprint density at radius 1 is 0.947 bits per heavy atom. The third kappa shape index (κ3) is 5.68. The molecule has 38 heavy (non-hydrogen) atoms. The molecule has 3 aromatic carbocycles. The van der Waals surface area contributed by atoms with Crippen LogP contribution in [0.3, 0.4) is 0 Å². The number of hydrogen-bond acceptors (Lipinski definition) is 7. The van der Waals surface area contributed by atoms with Gasteiger partial charge in [-0.2, -0.15) is 9.29 Å². The molecule has 4 aromatic rings. The van der Waals surface area contributed by atoms with Crippen molar-refractivity contribution in [1.29, 1.82) is 0 Å². The standard InChI is InChI=1S/C26H23Cl2N5O4S/c1-17-29-26(37-31-17)19-4-2-3-18(13-19)25(34)30-22-5-7-24(8-6-22)38(35,36)33-11-9-32(10-12-33)23-15-20(27)14-21(28)16-23/h2-8,13-16H,9-12H2,1H3,(H,30,34). The number of rotatable bonds is 6. The average molecular weight is 572 g/mol. The highest BCUT2D eigenvalue weighted by Gasteiger charge is 2.29. The van der Waals surface area contributed by atoms with Gasteiger partial charge in [0.15, 0.2) is 5.82 Å². The summed E-state index contributed by atoms with van der Waals surface area (Å²) in [6, 6.07) is 18.2. The second kappa shape index (κ2) is 10.7. The molecule has 0 aliphatic carbocycles. The summed E-state index contributed by atoms with van der Waals surface area (Å²) in [4.78, 5) is 19.2. The fraction of sp³-hybridized carbons (Fsp3) is 0.192. The van der Waals surface area contributed by atoms with E-state index in [9.17, 15) is 13.2 Å². The number of piperazine rings is 1. The maximum absolute atomic E-state index is 13.2. The molecule has 196 valence electrons. The SMILES string of the molecule is Cc1noc(-c2cccc(C(=O)Nc3ccc(S(=O)(=O)N4CCN(c5cc(Cl)cc(Cl)c5)CC4)cc3)c2)n1. The Morgan fingerprint density at radius 3 is 2.26 bits per heavy atom. The van der Waals surface area contributed by atoms with E-state index >= 15 is 0 Å². The van der Waals surface area contributed by atoms with Crippen LogP contribution < -0.4 is 10.2 Å². The van der Waals surface area contributed by atoms with E-state index in [0.717, 1.165) is 5.69 Å². The van der Waals surface area contributed by atoms with E-state index < -0.39 is 10.0 Å². The minimum atomic E-state index is -3.70. The zero-order chi connectivity index (χ0) is 26.9.